The molecule has 0 atom stereocenters. The van der Waals surface area contributed by atoms with E-state index in [4.69, 9.17) is 0 Å². The Balaban J connectivity index is 2.50. The van der Waals surface area contributed by atoms with Gasteiger partial charge in [-0.05, 0) is 39.0 Å². The fourth-order valence-electron chi connectivity index (χ4n) is 1.73. The van der Waals surface area contributed by atoms with Crippen molar-refractivity contribution in [2.24, 2.45) is 0 Å². The fourth-order valence-corrected chi connectivity index (χ4v) is 2.39. The van der Waals surface area contributed by atoms with E-state index in [0.717, 1.165) is 6.42 Å². The Labute approximate surface area is 105 Å². The first-order chi connectivity index (χ1) is 7.83. The molecule has 0 amide bonds. The first-order valence-electron chi connectivity index (χ1n) is 5.26. The molecule has 0 aliphatic carbocycles. The third-order valence-corrected chi connectivity index (χ3v) is 3.46. The Morgan fingerprint density at radius 1 is 1.00 bits per heavy atom. The maximum absolute atomic E-state index is 3.78. The summed E-state index contributed by atoms with van der Waals surface area (Å²) in [6.07, 6.45) is 2.82. The molecule has 0 aliphatic heterocycles. The summed E-state index contributed by atoms with van der Waals surface area (Å²) in [5.41, 5.74) is 3.75. The summed E-state index contributed by atoms with van der Waals surface area (Å²) < 4.78 is 1.17. The van der Waals surface area contributed by atoms with Crippen molar-refractivity contribution >= 4 is 15.9 Å². The van der Waals surface area contributed by atoms with Crippen LogP contribution in [0.25, 0.3) is 11.1 Å². The van der Waals surface area contributed by atoms with Crippen molar-refractivity contribution < 1.29 is 0 Å². The second kappa shape index (κ2) is 5.13. The largest absolute Gasteiger partial charge is 0.103 e. The number of allylic oxidation sites excluding steroid dienone is 1. The zero-order chi connectivity index (χ0) is 11.4. The lowest BCUT2D eigenvalue weighted by molar-refractivity contribution is 1.26. The van der Waals surface area contributed by atoms with Gasteiger partial charge >= 0.3 is 0 Å². The first kappa shape index (κ1) is 11.2. The number of benzene rings is 2. The monoisotopic (exact) mass is 272 g/mol. The molecule has 1 heteroatoms. The van der Waals surface area contributed by atoms with E-state index in [1.165, 1.54) is 21.2 Å². The maximum Gasteiger partial charge on any atom is 0.0288 e. The van der Waals surface area contributed by atoms with Crippen LogP contribution in [0, 0.1) is 0 Å². The van der Waals surface area contributed by atoms with Gasteiger partial charge in [0.15, 0.2) is 0 Å². The molecule has 0 radical (unpaired) electrons. The van der Waals surface area contributed by atoms with E-state index in [9.17, 15) is 0 Å². The summed E-state index contributed by atoms with van der Waals surface area (Å²) in [4.78, 5) is 0. The van der Waals surface area contributed by atoms with Crippen LogP contribution in [0.4, 0.5) is 0 Å². The minimum atomic E-state index is 0.890. The molecule has 2 aromatic carbocycles. The van der Waals surface area contributed by atoms with Crippen molar-refractivity contribution in [3.05, 3.63) is 71.2 Å². The third-order valence-electron chi connectivity index (χ3n) is 2.53. The average Bonchev–Trinajstić information content (AvgIpc) is 2.33. The molecule has 0 aliphatic rings. The van der Waals surface area contributed by atoms with Crippen LogP contribution in [0.1, 0.15) is 5.56 Å². The smallest absolute Gasteiger partial charge is 0.0288 e. The Hall–Kier alpha value is -1.34. The lowest BCUT2D eigenvalue weighted by atomic mass is 10.0. The van der Waals surface area contributed by atoms with Gasteiger partial charge in [-0.2, -0.15) is 0 Å². The van der Waals surface area contributed by atoms with E-state index in [1.807, 2.05) is 12.1 Å². The topological polar surface area (TPSA) is 0 Å². The number of halogens is 1. The highest BCUT2D eigenvalue weighted by atomic mass is 79.9. The highest BCUT2D eigenvalue weighted by Crippen LogP contribution is 2.31. The third kappa shape index (κ3) is 2.25. The van der Waals surface area contributed by atoms with Crippen LogP contribution in [0.2, 0.25) is 0 Å². The molecular formula is C15H13Br. The molecule has 0 saturated heterocycles. The van der Waals surface area contributed by atoms with Crippen molar-refractivity contribution in [3.63, 3.8) is 0 Å². The zero-order valence-corrected chi connectivity index (χ0v) is 10.6. The van der Waals surface area contributed by atoms with Crippen LogP contribution < -0.4 is 0 Å². The van der Waals surface area contributed by atoms with Crippen LogP contribution in [0.5, 0.6) is 0 Å². The van der Waals surface area contributed by atoms with Gasteiger partial charge in [0, 0.05) is 4.47 Å². The van der Waals surface area contributed by atoms with E-state index in [2.05, 4.69) is 65.0 Å². The Kier molecular flexibility index (Phi) is 3.58. The molecule has 2 rings (SSSR count). The summed E-state index contributed by atoms with van der Waals surface area (Å²) in [6.45, 7) is 3.78. The Bertz CT molecular complexity index is 486. The van der Waals surface area contributed by atoms with E-state index in [-0.39, 0.29) is 0 Å². The molecule has 0 spiro atoms. The van der Waals surface area contributed by atoms with Crippen molar-refractivity contribution in [1.82, 2.24) is 0 Å². The second-order valence-electron chi connectivity index (χ2n) is 3.64. The summed E-state index contributed by atoms with van der Waals surface area (Å²) in [5, 5.41) is 0. The van der Waals surface area contributed by atoms with Crippen molar-refractivity contribution in [2.75, 3.05) is 0 Å². The van der Waals surface area contributed by atoms with Crippen LogP contribution >= 0.6 is 15.9 Å². The van der Waals surface area contributed by atoms with Crippen LogP contribution in [-0.2, 0) is 6.42 Å². The van der Waals surface area contributed by atoms with Crippen LogP contribution in [0.3, 0.4) is 0 Å². The van der Waals surface area contributed by atoms with Gasteiger partial charge in [-0.15, -0.1) is 6.58 Å². The molecular weight excluding hydrogens is 260 g/mol. The fraction of sp³-hybridized carbons (Fsp3) is 0.0667. The molecule has 0 heterocycles. The van der Waals surface area contributed by atoms with E-state index in [0.29, 0.717) is 0 Å². The van der Waals surface area contributed by atoms with Crippen molar-refractivity contribution in [2.45, 2.75) is 6.42 Å². The van der Waals surface area contributed by atoms with Gasteiger partial charge in [0.05, 0.1) is 0 Å². The van der Waals surface area contributed by atoms with Gasteiger partial charge in [0.25, 0.3) is 0 Å². The van der Waals surface area contributed by atoms with Crippen molar-refractivity contribution in [1.29, 1.82) is 0 Å². The predicted octanol–water partition coefficient (Wildman–Crippen LogP) is 4.84. The summed E-state index contributed by atoms with van der Waals surface area (Å²) >= 11 is 3.67. The van der Waals surface area contributed by atoms with Gasteiger partial charge < -0.3 is 0 Å². The highest BCUT2D eigenvalue weighted by Gasteiger charge is 2.05. The summed E-state index contributed by atoms with van der Waals surface area (Å²) in [5.74, 6) is 0. The summed E-state index contributed by atoms with van der Waals surface area (Å²) in [6, 6.07) is 16.7. The van der Waals surface area contributed by atoms with E-state index in [1.54, 1.807) is 0 Å². The minimum Gasteiger partial charge on any atom is -0.103 e. The van der Waals surface area contributed by atoms with Gasteiger partial charge in [0.2, 0.25) is 0 Å². The van der Waals surface area contributed by atoms with Gasteiger partial charge in [-0.25, -0.2) is 0 Å². The predicted molar refractivity (Wildman–Crippen MR) is 73.5 cm³/mol. The Morgan fingerprint density at radius 3 is 2.44 bits per heavy atom. The minimum absolute atomic E-state index is 0.890. The van der Waals surface area contributed by atoms with Gasteiger partial charge in [-0.1, -0.05) is 54.6 Å². The number of hydrogen-bond donors (Lipinski definition) is 0. The average molecular weight is 273 g/mol. The molecule has 80 valence electrons. The lowest BCUT2D eigenvalue weighted by Gasteiger charge is -2.08. The van der Waals surface area contributed by atoms with E-state index >= 15 is 0 Å². The highest BCUT2D eigenvalue weighted by molar-refractivity contribution is 9.10. The number of rotatable bonds is 3. The molecule has 0 aromatic heterocycles. The summed E-state index contributed by atoms with van der Waals surface area (Å²) in [7, 11) is 0. The van der Waals surface area contributed by atoms with Crippen LogP contribution in [0.15, 0.2) is 65.7 Å². The quantitative estimate of drug-likeness (QED) is 0.701. The normalized spacial score (nSPS) is 10.1. The maximum atomic E-state index is 3.78. The van der Waals surface area contributed by atoms with Crippen LogP contribution in [-0.4, -0.2) is 0 Å². The lowest BCUT2D eigenvalue weighted by Crippen LogP contribution is -1.87. The molecule has 0 bridgehead atoms. The van der Waals surface area contributed by atoms with E-state index < -0.39 is 0 Å². The number of hydrogen-bond acceptors (Lipinski definition) is 0. The SMILES string of the molecule is C=CCc1cccc(-c2ccccc2)c1Br. The molecule has 2 aromatic rings. The Morgan fingerprint density at radius 2 is 1.75 bits per heavy atom. The molecule has 16 heavy (non-hydrogen) atoms. The van der Waals surface area contributed by atoms with Gasteiger partial charge in [0.1, 0.15) is 0 Å². The molecule has 0 unspecified atom stereocenters. The molecule has 0 N–H and O–H groups in total. The standard InChI is InChI=1S/C15H13Br/c1-2-7-13-10-6-11-14(15(13)16)12-8-4-3-5-9-12/h2-6,8-11H,1,7H2. The first-order valence-corrected chi connectivity index (χ1v) is 6.06. The second-order valence-corrected chi connectivity index (χ2v) is 4.43. The van der Waals surface area contributed by atoms with Crippen molar-refractivity contribution in [3.8, 4) is 11.1 Å². The zero-order valence-electron chi connectivity index (χ0n) is 8.99. The molecule has 0 saturated carbocycles. The van der Waals surface area contributed by atoms with Gasteiger partial charge in [-0.3, -0.25) is 0 Å². The molecule has 0 nitrogen and oxygen atoms in total. The molecule has 0 fully saturated rings.